The summed E-state index contributed by atoms with van der Waals surface area (Å²) in [5, 5.41) is 15.3. The van der Waals surface area contributed by atoms with Crippen LogP contribution in [0.3, 0.4) is 0 Å². The molecule has 1 N–H and O–H groups in total. The summed E-state index contributed by atoms with van der Waals surface area (Å²) in [6.45, 7) is 3.99. The number of nitrogens with zero attached hydrogens (tertiary/aromatic N) is 2. The Morgan fingerprint density at radius 3 is 2.71 bits per heavy atom. The van der Waals surface area contributed by atoms with Gasteiger partial charge in [0, 0.05) is 23.5 Å². The maximum Gasteiger partial charge on any atom is 0.132 e. The molecule has 114 valence electrons. The zero-order valence-electron chi connectivity index (χ0n) is 12.1. The molecule has 2 aromatic rings. The smallest absolute Gasteiger partial charge is 0.132 e. The number of aliphatic hydroxyl groups is 1. The van der Waals surface area contributed by atoms with Crippen LogP contribution in [-0.4, -0.2) is 14.9 Å². The molecule has 0 aliphatic rings. The quantitative estimate of drug-likeness (QED) is 0.861. The first-order chi connectivity index (χ1) is 9.81. The maximum absolute atomic E-state index is 13.3. The molecule has 6 heteroatoms. The Kier molecular flexibility index (Phi) is 5.07. The van der Waals surface area contributed by atoms with E-state index in [9.17, 15) is 9.50 Å². The molecule has 0 aliphatic heterocycles. The standard InChI is InChI=1S/C15H17BrClFN2O/c1-8(2)14-13(15(17)20(3)19-14)12(21)7-9-6-10(18)4-5-11(9)16/h4-6,8,12,21H,7H2,1-3H3. The summed E-state index contributed by atoms with van der Waals surface area (Å²) in [6, 6.07) is 4.41. The highest BCUT2D eigenvalue weighted by Crippen LogP contribution is 2.33. The third-order valence-corrected chi connectivity index (χ3v) is 4.56. The van der Waals surface area contributed by atoms with Gasteiger partial charge in [-0.3, -0.25) is 4.68 Å². The van der Waals surface area contributed by atoms with E-state index < -0.39 is 6.10 Å². The highest BCUT2D eigenvalue weighted by atomic mass is 79.9. The monoisotopic (exact) mass is 374 g/mol. The molecule has 0 amide bonds. The first-order valence-electron chi connectivity index (χ1n) is 6.65. The van der Waals surface area contributed by atoms with Crippen LogP contribution in [0, 0.1) is 5.82 Å². The number of benzene rings is 1. The molecule has 1 atom stereocenters. The van der Waals surface area contributed by atoms with Gasteiger partial charge in [0.15, 0.2) is 0 Å². The molecule has 0 fully saturated rings. The number of hydrogen-bond acceptors (Lipinski definition) is 2. The van der Waals surface area contributed by atoms with Crippen molar-refractivity contribution >= 4 is 27.5 Å². The van der Waals surface area contributed by atoms with Crippen molar-refractivity contribution in [3.05, 3.63) is 50.5 Å². The topological polar surface area (TPSA) is 38.0 Å². The van der Waals surface area contributed by atoms with E-state index in [-0.39, 0.29) is 18.2 Å². The molecule has 3 nitrogen and oxygen atoms in total. The van der Waals surface area contributed by atoms with Crippen LogP contribution in [-0.2, 0) is 13.5 Å². The fraction of sp³-hybridized carbons (Fsp3) is 0.400. The predicted octanol–water partition coefficient (Wildman–Crippen LogP) is 4.37. The zero-order valence-corrected chi connectivity index (χ0v) is 14.4. The van der Waals surface area contributed by atoms with Crippen LogP contribution in [0.15, 0.2) is 22.7 Å². The molecule has 0 saturated carbocycles. The minimum atomic E-state index is -0.832. The highest BCUT2D eigenvalue weighted by molar-refractivity contribution is 9.10. The van der Waals surface area contributed by atoms with Crippen molar-refractivity contribution in [3.8, 4) is 0 Å². The largest absolute Gasteiger partial charge is 0.388 e. The zero-order chi connectivity index (χ0) is 15.7. The van der Waals surface area contributed by atoms with Crippen LogP contribution >= 0.6 is 27.5 Å². The molecule has 2 rings (SSSR count). The fourth-order valence-corrected chi connectivity index (χ4v) is 2.95. The van der Waals surface area contributed by atoms with Crippen LogP contribution in [0.5, 0.6) is 0 Å². The third kappa shape index (κ3) is 3.47. The third-order valence-electron chi connectivity index (χ3n) is 3.34. The van der Waals surface area contributed by atoms with E-state index in [0.29, 0.717) is 16.3 Å². The number of hydrogen-bond donors (Lipinski definition) is 1. The molecule has 1 aromatic heterocycles. The lowest BCUT2D eigenvalue weighted by Gasteiger charge is -2.14. The van der Waals surface area contributed by atoms with Crippen molar-refractivity contribution in [1.82, 2.24) is 9.78 Å². The van der Waals surface area contributed by atoms with E-state index in [4.69, 9.17) is 11.6 Å². The van der Waals surface area contributed by atoms with Gasteiger partial charge < -0.3 is 5.11 Å². The van der Waals surface area contributed by atoms with Crippen molar-refractivity contribution in [2.45, 2.75) is 32.3 Å². The van der Waals surface area contributed by atoms with Gasteiger partial charge in [-0.05, 0) is 29.7 Å². The number of aromatic nitrogens is 2. The molecule has 0 saturated heterocycles. The van der Waals surface area contributed by atoms with Gasteiger partial charge in [0.05, 0.1) is 11.8 Å². The summed E-state index contributed by atoms with van der Waals surface area (Å²) in [5.41, 5.74) is 2.07. The molecule has 1 unspecified atom stereocenters. The summed E-state index contributed by atoms with van der Waals surface area (Å²) < 4.78 is 15.7. The van der Waals surface area contributed by atoms with E-state index in [2.05, 4.69) is 21.0 Å². The second-order valence-electron chi connectivity index (χ2n) is 5.32. The summed E-state index contributed by atoms with van der Waals surface area (Å²) in [7, 11) is 1.74. The number of aryl methyl sites for hydroxylation is 1. The SMILES string of the molecule is CC(C)c1nn(C)c(Cl)c1C(O)Cc1cc(F)ccc1Br. The Balaban J connectivity index is 2.36. The summed E-state index contributed by atoms with van der Waals surface area (Å²) in [6.07, 6.45) is -0.564. The minimum absolute atomic E-state index is 0.143. The lowest BCUT2D eigenvalue weighted by atomic mass is 9.97. The van der Waals surface area contributed by atoms with Crippen molar-refractivity contribution < 1.29 is 9.50 Å². The maximum atomic E-state index is 13.3. The summed E-state index contributed by atoms with van der Waals surface area (Å²) in [5.74, 6) is -0.189. The number of rotatable bonds is 4. The van der Waals surface area contributed by atoms with Gasteiger partial charge in [-0.1, -0.05) is 41.4 Å². The van der Waals surface area contributed by atoms with Crippen LogP contribution in [0.1, 0.15) is 42.7 Å². The first kappa shape index (κ1) is 16.5. The Morgan fingerprint density at radius 2 is 2.10 bits per heavy atom. The lowest BCUT2D eigenvalue weighted by Crippen LogP contribution is -2.06. The van der Waals surface area contributed by atoms with Gasteiger partial charge in [-0.2, -0.15) is 5.10 Å². The normalized spacial score (nSPS) is 13.0. The van der Waals surface area contributed by atoms with Gasteiger partial charge >= 0.3 is 0 Å². The van der Waals surface area contributed by atoms with Crippen molar-refractivity contribution in [1.29, 1.82) is 0 Å². The average molecular weight is 376 g/mol. The first-order valence-corrected chi connectivity index (χ1v) is 7.82. The van der Waals surface area contributed by atoms with Crippen molar-refractivity contribution in [2.24, 2.45) is 7.05 Å². The average Bonchev–Trinajstić information content (AvgIpc) is 2.70. The Bertz CT molecular complexity index is 657. The highest BCUT2D eigenvalue weighted by Gasteiger charge is 2.24. The van der Waals surface area contributed by atoms with E-state index in [1.807, 2.05) is 13.8 Å². The molecule has 1 heterocycles. The van der Waals surface area contributed by atoms with Crippen LogP contribution < -0.4 is 0 Å². The second-order valence-corrected chi connectivity index (χ2v) is 6.54. The number of halogens is 3. The van der Waals surface area contributed by atoms with E-state index >= 15 is 0 Å². The predicted molar refractivity (Wildman–Crippen MR) is 85.1 cm³/mol. The van der Waals surface area contributed by atoms with Gasteiger partial charge in [0.1, 0.15) is 11.0 Å². The molecular weight excluding hydrogens is 359 g/mol. The number of aliphatic hydroxyl groups excluding tert-OH is 1. The van der Waals surface area contributed by atoms with Gasteiger partial charge in [0.25, 0.3) is 0 Å². The Labute approximate surface area is 136 Å². The van der Waals surface area contributed by atoms with Crippen LogP contribution in [0.4, 0.5) is 4.39 Å². The summed E-state index contributed by atoms with van der Waals surface area (Å²) in [4.78, 5) is 0. The molecule has 0 bridgehead atoms. The Hall–Kier alpha value is -0.910. The van der Waals surface area contributed by atoms with Gasteiger partial charge in [0.2, 0.25) is 0 Å². The van der Waals surface area contributed by atoms with Crippen LogP contribution in [0.2, 0.25) is 5.15 Å². The van der Waals surface area contributed by atoms with E-state index in [1.54, 1.807) is 17.8 Å². The summed E-state index contributed by atoms with van der Waals surface area (Å²) >= 11 is 9.62. The molecule has 0 radical (unpaired) electrons. The molecular formula is C15H17BrClFN2O. The molecule has 0 spiro atoms. The van der Waals surface area contributed by atoms with E-state index in [0.717, 1.165) is 10.2 Å². The fourth-order valence-electron chi connectivity index (χ4n) is 2.28. The van der Waals surface area contributed by atoms with Crippen molar-refractivity contribution in [2.75, 3.05) is 0 Å². The van der Waals surface area contributed by atoms with E-state index in [1.165, 1.54) is 12.1 Å². The minimum Gasteiger partial charge on any atom is -0.388 e. The lowest BCUT2D eigenvalue weighted by molar-refractivity contribution is 0.177. The van der Waals surface area contributed by atoms with Gasteiger partial charge in [-0.15, -0.1) is 0 Å². The van der Waals surface area contributed by atoms with Crippen molar-refractivity contribution in [3.63, 3.8) is 0 Å². The van der Waals surface area contributed by atoms with Crippen LogP contribution in [0.25, 0.3) is 0 Å². The molecule has 1 aromatic carbocycles. The molecule has 0 aliphatic carbocycles. The van der Waals surface area contributed by atoms with Gasteiger partial charge in [-0.25, -0.2) is 4.39 Å². The molecule has 21 heavy (non-hydrogen) atoms. The second kappa shape index (κ2) is 6.46. The Morgan fingerprint density at radius 1 is 1.43 bits per heavy atom.